The molecule has 18 heavy (non-hydrogen) atoms. The normalized spacial score (nSPS) is 15.6. The Labute approximate surface area is 112 Å². The molecule has 102 valence electrons. The molecule has 0 radical (unpaired) electrons. The summed E-state index contributed by atoms with van der Waals surface area (Å²) < 4.78 is 0. The van der Waals surface area contributed by atoms with E-state index in [9.17, 15) is 5.11 Å². The van der Waals surface area contributed by atoms with Crippen molar-refractivity contribution in [2.24, 2.45) is 11.3 Å². The molecule has 0 amide bonds. The van der Waals surface area contributed by atoms with Crippen LogP contribution in [0.4, 0.5) is 0 Å². The molecule has 0 heterocycles. The molecule has 0 saturated carbocycles. The van der Waals surface area contributed by atoms with Gasteiger partial charge in [-0.2, -0.15) is 0 Å². The van der Waals surface area contributed by atoms with E-state index in [0.717, 1.165) is 12.0 Å². The molecule has 0 aliphatic carbocycles. The third-order valence-electron chi connectivity index (χ3n) is 4.13. The van der Waals surface area contributed by atoms with Crippen molar-refractivity contribution in [1.82, 2.24) is 0 Å². The minimum Gasteiger partial charge on any atom is -0.388 e. The summed E-state index contributed by atoms with van der Waals surface area (Å²) in [5.74, 6) is 0.493. The quantitative estimate of drug-likeness (QED) is 0.820. The maximum absolute atomic E-state index is 10.5. The van der Waals surface area contributed by atoms with Crippen molar-refractivity contribution in [2.45, 2.75) is 61.0 Å². The number of hydrogen-bond donors (Lipinski definition) is 1. The van der Waals surface area contributed by atoms with Crippen LogP contribution in [0.25, 0.3) is 0 Å². The van der Waals surface area contributed by atoms with Crippen LogP contribution in [0, 0.1) is 32.1 Å². The van der Waals surface area contributed by atoms with E-state index in [4.69, 9.17) is 0 Å². The summed E-state index contributed by atoms with van der Waals surface area (Å²) in [6.07, 6.45) is 0.480. The van der Waals surface area contributed by atoms with Crippen LogP contribution in [-0.2, 0) is 0 Å². The Balaban J connectivity index is 2.95. The van der Waals surface area contributed by atoms with Gasteiger partial charge >= 0.3 is 0 Å². The van der Waals surface area contributed by atoms with Crippen LogP contribution in [0.2, 0.25) is 0 Å². The van der Waals surface area contributed by atoms with Crippen molar-refractivity contribution in [3.05, 3.63) is 34.4 Å². The number of benzene rings is 1. The van der Waals surface area contributed by atoms with Crippen molar-refractivity contribution in [3.63, 3.8) is 0 Å². The van der Waals surface area contributed by atoms with E-state index in [2.05, 4.69) is 60.6 Å². The van der Waals surface area contributed by atoms with Gasteiger partial charge < -0.3 is 5.11 Å². The molecule has 0 bridgehead atoms. The summed E-state index contributed by atoms with van der Waals surface area (Å²) in [7, 11) is 0. The fourth-order valence-corrected chi connectivity index (χ4v) is 2.52. The number of aliphatic hydroxyl groups excluding tert-OH is 1. The van der Waals surface area contributed by atoms with E-state index >= 15 is 0 Å². The summed E-state index contributed by atoms with van der Waals surface area (Å²) in [6.45, 7) is 15.2. The monoisotopic (exact) mass is 248 g/mol. The van der Waals surface area contributed by atoms with E-state index in [0.29, 0.717) is 5.92 Å². The molecular formula is C17H28O. The summed E-state index contributed by atoms with van der Waals surface area (Å²) in [5, 5.41) is 10.5. The molecule has 1 heteroatoms. The van der Waals surface area contributed by atoms with Gasteiger partial charge in [0.05, 0.1) is 6.10 Å². The minimum atomic E-state index is -0.347. The van der Waals surface area contributed by atoms with Crippen molar-refractivity contribution in [1.29, 1.82) is 0 Å². The van der Waals surface area contributed by atoms with Gasteiger partial charge in [0.2, 0.25) is 0 Å². The van der Waals surface area contributed by atoms with E-state index in [-0.39, 0.29) is 11.5 Å². The van der Waals surface area contributed by atoms with E-state index < -0.39 is 0 Å². The van der Waals surface area contributed by atoms with Gasteiger partial charge in [0.1, 0.15) is 0 Å². The number of aliphatic hydroxyl groups is 1. The maximum Gasteiger partial charge on any atom is 0.0797 e. The number of rotatable bonds is 3. The van der Waals surface area contributed by atoms with Gasteiger partial charge in [0.25, 0.3) is 0 Å². The molecule has 1 aromatic rings. The topological polar surface area (TPSA) is 20.2 Å². The third kappa shape index (κ3) is 3.58. The number of aryl methyl sites for hydroxylation is 3. The lowest BCUT2D eigenvalue weighted by Crippen LogP contribution is -2.20. The molecule has 1 aromatic carbocycles. The van der Waals surface area contributed by atoms with Gasteiger partial charge in [-0.3, -0.25) is 0 Å². The molecule has 1 rings (SSSR count). The minimum absolute atomic E-state index is 0.244. The molecular weight excluding hydrogens is 220 g/mol. The average Bonchev–Trinajstić information content (AvgIpc) is 2.13. The Morgan fingerprint density at radius 3 is 1.89 bits per heavy atom. The zero-order valence-electron chi connectivity index (χ0n) is 13.0. The molecule has 0 spiro atoms. The zero-order chi connectivity index (χ0) is 14.1. The highest BCUT2D eigenvalue weighted by Crippen LogP contribution is 2.35. The van der Waals surface area contributed by atoms with E-state index in [1.165, 1.54) is 16.7 Å². The predicted molar refractivity (Wildman–Crippen MR) is 78.8 cm³/mol. The fraction of sp³-hybridized carbons (Fsp3) is 0.647. The van der Waals surface area contributed by atoms with Crippen molar-refractivity contribution in [3.8, 4) is 0 Å². The Morgan fingerprint density at radius 1 is 1.06 bits per heavy atom. The van der Waals surface area contributed by atoms with Gasteiger partial charge in [-0.25, -0.2) is 0 Å². The standard InChI is InChI=1S/C17H28O/c1-11-8-12(2)16(13(3)9-11)15(18)10-14(4)17(5,6)7/h8-9,14-15,18H,10H2,1-7H3. The summed E-state index contributed by atoms with van der Waals surface area (Å²) >= 11 is 0. The lowest BCUT2D eigenvalue weighted by molar-refractivity contribution is 0.110. The molecule has 0 aromatic heterocycles. The maximum atomic E-state index is 10.5. The highest BCUT2D eigenvalue weighted by atomic mass is 16.3. The Bertz CT molecular complexity index is 389. The summed E-state index contributed by atoms with van der Waals surface area (Å²) in [4.78, 5) is 0. The molecule has 0 saturated heterocycles. The van der Waals surface area contributed by atoms with Crippen LogP contribution in [0.3, 0.4) is 0 Å². The van der Waals surface area contributed by atoms with Crippen LogP contribution in [0.5, 0.6) is 0 Å². The van der Waals surface area contributed by atoms with Gasteiger partial charge in [0, 0.05) is 0 Å². The van der Waals surface area contributed by atoms with Gasteiger partial charge in [-0.05, 0) is 55.2 Å². The van der Waals surface area contributed by atoms with Gasteiger partial charge in [0.15, 0.2) is 0 Å². The fourth-order valence-electron chi connectivity index (χ4n) is 2.52. The zero-order valence-corrected chi connectivity index (χ0v) is 13.0. The SMILES string of the molecule is Cc1cc(C)c(C(O)CC(C)C(C)(C)C)c(C)c1. The number of hydrogen-bond acceptors (Lipinski definition) is 1. The second-order valence-corrected chi connectivity index (χ2v) is 6.83. The lowest BCUT2D eigenvalue weighted by Gasteiger charge is -2.30. The van der Waals surface area contributed by atoms with Crippen LogP contribution in [0.15, 0.2) is 12.1 Å². The third-order valence-corrected chi connectivity index (χ3v) is 4.13. The molecule has 0 aliphatic heterocycles. The first-order chi connectivity index (χ1) is 8.12. The predicted octanol–water partition coefficient (Wildman–Crippen LogP) is 4.72. The van der Waals surface area contributed by atoms with Crippen LogP contribution < -0.4 is 0 Å². The molecule has 1 nitrogen and oxygen atoms in total. The van der Waals surface area contributed by atoms with Crippen molar-refractivity contribution < 1.29 is 5.11 Å². The van der Waals surface area contributed by atoms with Crippen molar-refractivity contribution >= 4 is 0 Å². The second kappa shape index (κ2) is 5.44. The lowest BCUT2D eigenvalue weighted by atomic mass is 9.77. The molecule has 0 aliphatic rings. The molecule has 2 unspecified atom stereocenters. The largest absolute Gasteiger partial charge is 0.388 e. The van der Waals surface area contributed by atoms with E-state index in [1.54, 1.807) is 0 Å². The average molecular weight is 248 g/mol. The smallest absolute Gasteiger partial charge is 0.0797 e. The second-order valence-electron chi connectivity index (χ2n) is 6.83. The van der Waals surface area contributed by atoms with Gasteiger partial charge in [-0.1, -0.05) is 45.4 Å². The first kappa shape index (κ1) is 15.2. The van der Waals surface area contributed by atoms with Crippen LogP contribution in [0.1, 0.15) is 62.5 Å². The highest BCUT2D eigenvalue weighted by molar-refractivity contribution is 5.38. The molecule has 0 fully saturated rings. The summed E-state index contributed by atoms with van der Waals surface area (Å²) in [5.41, 5.74) is 5.05. The first-order valence-electron chi connectivity index (χ1n) is 6.88. The first-order valence-corrected chi connectivity index (χ1v) is 6.88. The van der Waals surface area contributed by atoms with Crippen LogP contribution >= 0.6 is 0 Å². The van der Waals surface area contributed by atoms with Crippen LogP contribution in [-0.4, -0.2) is 5.11 Å². The Hall–Kier alpha value is -0.820. The molecule has 1 N–H and O–H groups in total. The highest BCUT2D eigenvalue weighted by Gasteiger charge is 2.24. The van der Waals surface area contributed by atoms with E-state index in [1.807, 2.05) is 0 Å². The van der Waals surface area contributed by atoms with Gasteiger partial charge in [-0.15, -0.1) is 0 Å². The summed E-state index contributed by atoms with van der Waals surface area (Å²) in [6, 6.07) is 4.32. The Kier molecular flexibility index (Phi) is 4.61. The van der Waals surface area contributed by atoms with Crippen molar-refractivity contribution in [2.75, 3.05) is 0 Å². The Morgan fingerprint density at radius 2 is 1.50 bits per heavy atom. The molecule has 2 atom stereocenters.